The molecule has 0 aromatic rings. The van der Waals surface area contributed by atoms with Gasteiger partial charge in [-0.2, -0.15) is 0 Å². The molecule has 1 atom stereocenters. The number of carbonyl (C=O) groups is 1. The Balaban J connectivity index is 4.02. The van der Waals surface area contributed by atoms with Crippen LogP contribution < -0.4 is 5.32 Å². The number of aliphatic carboxylic acids is 1. The minimum absolute atomic E-state index is 0.286. The number of rotatable bonds is 7. The van der Waals surface area contributed by atoms with E-state index in [2.05, 4.69) is 38.0 Å². The van der Waals surface area contributed by atoms with Gasteiger partial charge in [-0.25, -0.2) is 0 Å². The molecule has 0 saturated heterocycles. The first-order valence-corrected chi connectivity index (χ1v) is 6.21. The highest BCUT2D eigenvalue weighted by molar-refractivity contribution is 5.78. The van der Waals surface area contributed by atoms with E-state index in [0.29, 0.717) is 6.42 Å². The van der Waals surface area contributed by atoms with E-state index in [4.69, 9.17) is 5.11 Å². The molecular formula is C13H28N2O2. The van der Waals surface area contributed by atoms with Crippen molar-refractivity contribution < 1.29 is 9.90 Å². The van der Waals surface area contributed by atoms with Gasteiger partial charge in [-0.3, -0.25) is 4.79 Å². The standard InChI is InChI=1S/C13H28N2O2/c1-12(2,3)10-15(6)9-7-8-13(4,14-5)11(16)17/h14H,7-10H2,1-6H3,(H,16,17). The molecular weight excluding hydrogens is 216 g/mol. The van der Waals surface area contributed by atoms with Crippen molar-refractivity contribution >= 4 is 5.97 Å². The quantitative estimate of drug-likeness (QED) is 0.717. The maximum absolute atomic E-state index is 11.1. The van der Waals surface area contributed by atoms with E-state index in [1.165, 1.54) is 0 Å². The molecule has 0 heterocycles. The fourth-order valence-electron chi connectivity index (χ4n) is 1.93. The normalized spacial score (nSPS) is 15.9. The Hall–Kier alpha value is -0.610. The highest BCUT2D eigenvalue weighted by atomic mass is 16.4. The maximum Gasteiger partial charge on any atom is 0.323 e. The summed E-state index contributed by atoms with van der Waals surface area (Å²) in [5, 5.41) is 12.0. The predicted molar refractivity (Wildman–Crippen MR) is 71.3 cm³/mol. The summed E-state index contributed by atoms with van der Waals surface area (Å²) < 4.78 is 0. The highest BCUT2D eigenvalue weighted by Gasteiger charge is 2.30. The van der Waals surface area contributed by atoms with E-state index in [1.54, 1.807) is 14.0 Å². The van der Waals surface area contributed by atoms with Gasteiger partial charge in [0.05, 0.1) is 0 Å². The van der Waals surface area contributed by atoms with E-state index >= 15 is 0 Å². The Morgan fingerprint density at radius 2 is 1.82 bits per heavy atom. The Labute approximate surface area is 105 Å². The molecule has 0 radical (unpaired) electrons. The highest BCUT2D eigenvalue weighted by Crippen LogP contribution is 2.16. The van der Waals surface area contributed by atoms with Crippen molar-refractivity contribution in [2.75, 3.05) is 27.2 Å². The van der Waals surface area contributed by atoms with Crippen molar-refractivity contribution in [2.45, 2.75) is 46.1 Å². The van der Waals surface area contributed by atoms with Gasteiger partial charge in [0.2, 0.25) is 0 Å². The summed E-state index contributed by atoms with van der Waals surface area (Å²) in [5.41, 5.74) is -0.517. The summed E-state index contributed by atoms with van der Waals surface area (Å²) in [6.07, 6.45) is 1.53. The molecule has 1 unspecified atom stereocenters. The van der Waals surface area contributed by atoms with Crippen LogP contribution in [-0.4, -0.2) is 48.7 Å². The third-order valence-electron chi connectivity index (χ3n) is 2.98. The third kappa shape index (κ3) is 6.64. The van der Waals surface area contributed by atoms with Gasteiger partial charge in [0.25, 0.3) is 0 Å². The van der Waals surface area contributed by atoms with E-state index in [1.807, 2.05) is 0 Å². The summed E-state index contributed by atoms with van der Waals surface area (Å²) in [6.45, 7) is 10.3. The molecule has 4 heteroatoms. The second-order valence-corrected chi connectivity index (χ2v) is 6.29. The number of nitrogens with one attached hydrogen (secondary N) is 1. The molecule has 102 valence electrons. The van der Waals surface area contributed by atoms with E-state index in [0.717, 1.165) is 19.5 Å². The minimum Gasteiger partial charge on any atom is -0.480 e. The average Bonchev–Trinajstić information content (AvgIpc) is 2.14. The lowest BCUT2D eigenvalue weighted by molar-refractivity contribution is -0.144. The van der Waals surface area contributed by atoms with Crippen LogP contribution in [0.2, 0.25) is 0 Å². The van der Waals surface area contributed by atoms with Crippen LogP contribution in [-0.2, 0) is 4.79 Å². The van der Waals surface area contributed by atoms with Crippen LogP contribution in [0.15, 0.2) is 0 Å². The largest absolute Gasteiger partial charge is 0.480 e. The fraction of sp³-hybridized carbons (Fsp3) is 0.923. The van der Waals surface area contributed by atoms with Gasteiger partial charge in [0.15, 0.2) is 0 Å². The molecule has 4 nitrogen and oxygen atoms in total. The molecule has 0 fully saturated rings. The number of nitrogens with zero attached hydrogens (tertiary/aromatic N) is 1. The third-order valence-corrected chi connectivity index (χ3v) is 2.98. The van der Waals surface area contributed by atoms with Gasteiger partial charge in [-0.15, -0.1) is 0 Å². The molecule has 0 aliphatic rings. The molecule has 0 saturated carbocycles. The molecule has 2 N–H and O–H groups in total. The van der Waals surface area contributed by atoms with Gasteiger partial charge in [-0.05, 0) is 45.8 Å². The molecule has 0 bridgehead atoms. The number of carboxylic acid groups (broad SMARTS) is 1. The first-order chi connectivity index (χ1) is 7.60. The lowest BCUT2D eigenvalue weighted by atomic mass is 9.94. The molecule has 0 aromatic carbocycles. The average molecular weight is 244 g/mol. The fourth-order valence-corrected chi connectivity index (χ4v) is 1.93. The molecule has 0 rings (SSSR count). The molecule has 0 aromatic heterocycles. The zero-order valence-corrected chi connectivity index (χ0v) is 12.1. The van der Waals surface area contributed by atoms with E-state index < -0.39 is 11.5 Å². The number of hydrogen-bond acceptors (Lipinski definition) is 3. The second kappa shape index (κ2) is 6.36. The van der Waals surface area contributed by atoms with Gasteiger partial charge in [0.1, 0.15) is 5.54 Å². The van der Waals surface area contributed by atoms with Gasteiger partial charge in [0, 0.05) is 6.54 Å². The summed E-state index contributed by atoms with van der Waals surface area (Å²) in [4.78, 5) is 13.3. The second-order valence-electron chi connectivity index (χ2n) is 6.29. The van der Waals surface area contributed by atoms with Gasteiger partial charge < -0.3 is 15.3 Å². The van der Waals surface area contributed by atoms with Crippen LogP contribution >= 0.6 is 0 Å². The smallest absolute Gasteiger partial charge is 0.323 e. The van der Waals surface area contributed by atoms with Gasteiger partial charge in [-0.1, -0.05) is 20.8 Å². The summed E-state index contributed by atoms with van der Waals surface area (Å²) in [6, 6.07) is 0. The number of likely N-dealkylation sites (N-methyl/N-ethyl adjacent to an activating group) is 1. The Morgan fingerprint density at radius 1 is 1.29 bits per heavy atom. The summed E-state index contributed by atoms with van der Waals surface area (Å²) >= 11 is 0. The lowest BCUT2D eigenvalue weighted by Crippen LogP contribution is -2.47. The van der Waals surface area contributed by atoms with Crippen LogP contribution in [0.1, 0.15) is 40.5 Å². The molecule has 0 spiro atoms. The van der Waals surface area contributed by atoms with Crippen LogP contribution in [0, 0.1) is 5.41 Å². The molecule has 0 aliphatic heterocycles. The summed E-state index contributed by atoms with van der Waals surface area (Å²) in [5.74, 6) is -0.779. The van der Waals surface area contributed by atoms with Crippen molar-refractivity contribution in [3.8, 4) is 0 Å². The molecule has 17 heavy (non-hydrogen) atoms. The topological polar surface area (TPSA) is 52.6 Å². The van der Waals surface area contributed by atoms with Crippen molar-refractivity contribution in [3.05, 3.63) is 0 Å². The predicted octanol–water partition coefficient (Wildman–Crippen LogP) is 1.81. The van der Waals surface area contributed by atoms with Crippen molar-refractivity contribution in [2.24, 2.45) is 5.41 Å². The van der Waals surface area contributed by atoms with Crippen LogP contribution in [0.25, 0.3) is 0 Å². The van der Waals surface area contributed by atoms with Crippen LogP contribution in [0.5, 0.6) is 0 Å². The van der Waals surface area contributed by atoms with Crippen molar-refractivity contribution in [1.29, 1.82) is 0 Å². The minimum atomic E-state index is -0.803. The Morgan fingerprint density at radius 3 is 2.18 bits per heavy atom. The lowest BCUT2D eigenvalue weighted by Gasteiger charge is -2.28. The first-order valence-electron chi connectivity index (χ1n) is 6.21. The van der Waals surface area contributed by atoms with Gasteiger partial charge >= 0.3 is 5.97 Å². The van der Waals surface area contributed by atoms with Crippen LogP contribution in [0.3, 0.4) is 0 Å². The number of hydrogen-bond donors (Lipinski definition) is 2. The Bertz CT molecular complexity index is 248. The van der Waals surface area contributed by atoms with E-state index in [9.17, 15) is 4.79 Å². The molecule has 0 aliphatic carbocycles. The van der Waals surface area contributed by atoms with Crippen molar-refractivity contribution in [1.82, 2.24) is 10.2 Å². The van der Waals surface area contributed by atoms with Crippen molar-refractivity contribution in [3.63, 3.8) is 0 Å². The zero-order chi connectivity index (χ0) is 13.7. The summed E-state index contributed by atoms with van der Waals surface area (Å²) in [7, 11) is 3.79. The molecule has 0 amide bonds. The maximum atomic E-state index is 11.1. The van der Waals surface area contributed by atoms with E-state index in [-0.39, 0.29) is 5.41 Å². The monoisotopic (exact) mass is 244 g/mol. The first kappa shape index (κ1) is 16.4. The Kier molecular flexibility index (Phi) is 6.13. The zero-order valence-electron chi connectivity index (χ0n) is 12.1. The number of carboxylic acids is 1. The SMILES string of the molecule is CNC(C)(CCCN(C)CC(C)(C)C)C(=O)O. The van der Waals surface area contributed by atoms with Crippen LogP contribution in [0.4, 0.5) is 0 Å².